The molecular weight excluding hydrogens is 256 g/mol. The van der Waals surface area contributed by atoms with Crippen molar-refractivity contribution in [3.63, 3.8) is 0 Å². The van der Waals surface area contributed by atoms with E-state index >= 15 is 0 Å². The molecule has 1 N–H and O–H groups in total. The van der Waals surface area contributed by atoms with Crippen LogP contribution in [0.5, 0.6) is 0 Å². The number of aliphatic hydroxyl groups excluding tert-OH is 1. The lowest BCUT2D eigenvalue weighted by Crippen LogP contribution is -2.18. The van der Waals surface area contributed by atoms with E-state index in [0.717, 1.165) is 5.56 Å². The number of hydrogen-bond acceptors (Lipinski definition) is 4. The number of Topliss-reactive ketones (excluding diaryl/α,β-unsaturated/α-hetero) is 1. The summed E-state index contributed by atoms with van der Waals surface area (Å²) >= 11 is 0. The largest absolute Gasteiger partial charge is 0.463 e. The fourth-order valence-electron chi connectivity index (χ4n) is 1.63. The lowest BCUT2D eigenvalue weighted by atomic mass is 10.1. The minimum absolute atomic E-state index is 0.0868. The molecule has 0 unspecified atom stereocenters. The van der Waals surface area contributed by atoms with Crippen LogP contribution >= 0.6 is 0 Å². The number of aliphatic hydroxyl groups is 1. The van der Waals surface area contributed by atoms with Crippen LogP contribution in [0.4, 0.5) is 0 Å². The summed E-state index contributed by atoms with van der Waals surface area (Å²) in [6.07, 6.45) is 1.77. The van der Waals surface area contributed by atoms with Crippen LogP contribution in [0.2, 0.25) is 0 Å². The number of rotatable bonds is 7. The van der Waals surface area contributed by atoms with Crippen LogP contribution in [0, 0.1) is 0 Å². The molecule has 1 aromatic rings. The quantitative estimate of drug-likeness (QED) is 0.613. The zero-order valence-corrected chi connectivity index (χ0v) is 11.8. The first kappa shape index (κ1) is 16.1. The average molecular weight is 276 g/mol. The summed E-state index contributed by atoms with van der Waals surface area (Å²) in [7, 11) is 0. The number of ketones is 1. The molecule has 1 aromatic carbocycles. The van der Waals surface area contributed by atoms with Gasteiger partial charge in [-0.1, -0.05) is 42.5 Å². The predicted octanol–water partition coefficient (Wildman–Crippen LogP) is 2.36. The first-order chi connectivity index (χ1) is 9.47. The molecule has 0 spiro atoms. The molecule has 0 aliphatic carbocycles. The summed E-state index contributed by atoms with van der Waals surface area (Å²) < 4.78 is 4.87. The zero-order chi connectivity index (χ0) is 15.0. The highest BCUT2D eigenvalue weighted by Gasteiger charge is 2.14. The van der Waals surface area contributed by atoms with Crippen molar-refractivity contribution in [1.82, 2.24) is 0 Å². The normalized spacial score (nSPS) is 12.6. The van der Waals surface area contributed by atoms with Crippen molar-refractivity contribution in [2.24, 2.45) is 0 Å². The highest BCUT2D eigenvalue weighted by Crippen LogP contribution is 2.06. The van der Waals surface area contributed by atoms with Crippen LogP contribution in [0.15, 0.2) is 36.4 Å². The first-order valence-electron chi connectivity index (χ1n) is 6.60. The summed E-state index contributed by atoms with van der Waals surface area (Å²) in [5.74, 6) is -0.884. The summed E-state index contributed by atoms with van der Waals surface area (Å²) in [4.78, 5) is 22.8. The molecule has 1 rings (SSSR count). The minimum atomic E-state index is -0.894. The third kappa shape index (κ3) is 6.85. The Labute approximate surface area is 119 Å². The number of benzene rings is 1. The van der Waals surface area contributed by atoms with Gasteiger partial charge in [0.1, 0.15) is 12.2 Å². The molecule has 0 saturated carbocycles. The van der Waals surface area contributed by atoms with E-state index < -0.39 is 12.1 Å². The predicted molar refractivity (Wildman–Crippen MR) is 77.0 cm³/mol. The number of esters is 1. The second kappa shape index (κ2) is 8.27. The van der Waals surface area contributed by atoms with Gasteiger partial charge in [0.05, 0.1) is 12.2 Å². The van der Waals surface area contributed by atoms with Crippen LogP contribution < -0.4 is 0 Å². The van der Waals surface area contributed by atoms with Gasteiger partial charge in [-0.2, -0.15) is 0 Å². The molecule has 0 saturated heterocycles. The van der Waals surface area contributed by atoms with Gasteiger partial charge in [0.25, 0.3) is 0 Å². The van der Waals surface area contributed by atoms with E-state index in [0.29, 0.717) is 0 Å². The highest BCUT2D eigenvalue weighted by molar-refractivity contribution is 5.95. The Kier molecular flexibility index (Phi) is 6.67. The molecule has 0 heterocycles. The second-order valence-electron chi connectivity index (χ2n) is 4.80. The molecule has 20 heavy (non-hydrogen) atoms. The Hall–Kier alpha value is -1.94. The van der Waals surface area contributed by atoms with Crippen molar-refractivity contribution in [3.05, 3.63) is 42.0 Å². The molecule has 0 aliphatic rings. The maximum Gasteiger partial charge on any atom is 0.313 e. The van der Waals surface area contributed by atoms with Gasteiger partial charge in [-0.15, -0.1) is 0 Å². The van der Waals surface area contributed by atoms with Crippen molar-refractivity contribution in [2.45, 2.75) is 38.9 Å². The van der Waals surface area contributed by atoms with Crippen LogP contribution in [0.3, 0.4) is 0 Å². The number of carbonyl (C=O) groups excluding carboxylic acids is 2. The van der Waals surface area contributed by atoms with Gasteiger partial charge < -0.3 is 9.84 Å². The summed E-state index contributed by atoms with van der Waals surface area (Å²) in [5, 5.41) is 9.72. The van der Waals surface area contributed by atoms with Crippen LogP contribution in [-0.4, -0.2) is 29.1 Å². The molecule has 0 aromatic heterocycles. The van der Waals surface area contributed by atoms with Gasteiger partial charge in [0.2, 0.25) is 0 Å². The van der Waals surface area contributed by atoms with E-state index in [1.54, 1.807) is 26.0 Å². The summed E-state index contributed by atoms with van der Waals surface area (Å²) in [6, 6.07) is 9.46. The third-order valence-electron chi connectivity index (χ3n) is 2.46. The Balaban J connectivity index is 2.38. The Morgan fingerprint density at radius 3 is 2.50 bits per heavy atom. The fraction of sp³-hybridized carbons (Fsp3) is 0.375. The Bertz CT molecular complexity index is 463. The highest BCUT2D eigenvalue weighted by atomic mass is 16.5. The first-order valence-corrected chi connectivity index (χ1v) is 6.60. The Morgan fingerprint density at radius 1 is 1.25 bits per heavy atom. The third-order valence-corrected chi connectivity index (χ3v) is 2.46. The monoisotopic (exact) mass is 276 g/mol. The maximum atomic E-state index is 11.6. The van der Waals surface area contributed by atoms with Crippen LogP contribution in [-0.2, 0) is 14.3 Å². The molecule has 4 nitrogen and oxygen atoms in total. The van der Waals surface area contributed by atoms with Crippen LogP contribution in [0.25, 0.3) is 6.08 Å². The topological polar surface area (TPSA) is 63.6 Å². The number of hydrogen-bond donors (Lipinski definition) is 1. The minimum Gasteiger partial charge on any atom is -0.463 e. The Morgan fingerprint density at radius 2 is 1.90 bits per heavy atom. The average Bonchev–Trinajstić information content (AvgIpc) is 2.36. The van der Waals surface area contributed by atoms with Gasteiger partial charge in [-0.3, -0.25) is 9.59 Å². The number of carbonyl (C=O) groups is 2. The second-order valence-corrected chi connectivity index (χ2v) is 4.80. The SMILES string of the molecule is CC(C)OC(=O)CC(=O)C[C@H](O)/C=C/c1ccccc1. The van der Waals surface area contributed by atoms with Gasteiger partial charge >= 0.3 is 5.97 Å². The van der Waals surface area contributed by atoms with Gasteiger partial charge in [-0.05, 0) is 19.4 Å². The standard InChI is InChI=1S/C16H20O4/c1-12(2)20-16(19)11-15(18)10-14(17)9-8-13-6-4-3-5-7-13/h3-9,12,14,17H,10-11H2,1-2H3/b9-8+/t14-/m1/s1. The zero-order valence-electron chi connectivity index (χ0n) is 11.8. The summed E-state index contributed by atoms with van der Waals surface area (Å²) in [6.45, 7) is 3.44. The molecule has 0 amide bonds. The van der Waals surface area contributed by atoms with Crippen LogP contribution in [0.1, 0.15) is 32.3 Å². The van der Waals surface area contributed by atoms with Crippen molar-refractivity contribution in [1.29, 1.82) is 0 Å². The molecule has 108 valence electrons. The summed E-state index contributed by atoms with van der Waals surface area (Å²) in [5.41, 5.74) is 0.943. The van der Waals surface area contributed by atoms with Crippen molar-refractivity contribution in [2.75, 3.05) is 0 Å². The molecule has 0 aliphatic heterocycles. The maximum absolute atomic E-state index is 11.6. The van der Waals surface area contributed by atoms with E-state index in [1.807, 2.05) is 30.3 Å². The lowest BCUT2D eigenvalue weighted by molar-refractivity contribution is -0.149. The number of ether oxygens (including phenoxy) is 1. The molecule has 0 radical (unpaired) electrons. The van der Waals surface area contributed by atoms with Gasteiger partial charge in [0, 0.05) is 6.42 Å². The lowest BCUT2D eigenvalue weighted by Gasteiger charge is -2.08. The molecule has 0 fully saturated rings. The van der Waals surface area contributed by atoms with E-state index in [2.05, 4.69) is 0 Å². The van der Waals surface area contributed by atoms with Crippen molar-refractivity contribution in [3.8, 4) is 0 Å². The van der Waals surface area contributed by atoms with Gasteiger partial charge in [-0.25, -0.2) is 0 Å². The van der Waals surface area contributed by atoms with E-state index in [9.17, 15) is 14.7 Å². The van der Waals surface area contributed by atoms with Crippen molar-refractivity contribution < 1.29 is 19.4 Å². The smallest absolute Gasteiger partial charge is 0.313 e. The van der Waals surface area contributed by atoms with Crippen molar-refractivity contribution >= 4 is 17.8 Å². The van der Waals surface area contributed by atoms with E-state index in [4.69, 9.17) is 4.74 Å². The van der Waals surface area contributed by atoms with E-state index in [1.165, 1.54) is 0 Å². The van der Waals surface area contributed by atoms with Gasteiger partial charge in [0.15, 0.2) is 0 Å². The molecule has 0 bridgehead atoms. The molecular formula is C16H20O4. The molecule has 4 heteroatoms. The fourth-order valence-corrected chi connectivity index (χ4v) is 1.63. The van der Waals surface area contributed by atoms with E-state index in [-0.39, 0.29) is 24.7 Å². The molecule has 1 atom stereocenters.